The van der Waals surface area contributed by atoms with E-state index in [1.165, 1.54) is 12.1 Å². The molecule has 2 aromatic carbocycles. The van der Waals surface area contributed by atoms with Crippen LogP contribution in [0.25, 0.3) is 0 Å². The average molecular weight is 297 g/mol. The SMILES string of the molecule is O=C(c1ccccc1)c1ccc(O)c(CC2CCNC2)c1O. The fourth-order valence-electron chi connectivity index (χ4n) is 2.93. The molecule has 0 spiro atoms. The van der Waals surface area contributed by atoms with Crippen molar-refractivity contribution in [3.05, 3.63) is 59.2 Å². The van der Waals surface area contributed by atoms with Crippen molar-refractivity contribution in [1.29, 1.82) is 0 Å². The summed E-state index contributed by atoms with van der Waals surface area (Å²) in [5, 5.41) is 23.8. The molecule has 1 atom stereocenters. The molecule has 0 saturated carbocycles. The first kappa shape index (κ1) is 14.6. The molecule has 3 N–H and O–H groups in total. The predicted octanol–water partition coefficient (Wildman–Crippen LogP) is 2.48. The molecule has 1 unspecified atom stereocenters. The topological polar surface area (TPSA) is 69.6 Å². The minimum Gasteiger partial charge on any atom is -0.508 e. The summed E-state index contributed by atoms with van der Waals surface area (Å²) in [7, 11) is 0. The fraction of sp³-hybridized carbons (Fsp3) is 0.278. The van der Waals surface area contributed by atoms with E-state index in [-0.39, 0.29) is 22.8 Å². The van der Waals surface area contributed by atoms with Gasteiger partial charge in [0.05, 0.1) is 5.56 Å². The summed E-state index contributed by atoms with van der Waals surface area (Å²) in [5.74, 6) is 0.0949. The van der Waals surface area contributed by atoms with Crippen LogP contribution in [0.3, 0.4) is 0 Å². The van der Waals surface area contributed by atoms with E-state index in [0.717, 1.165) is 19.5 Å². The maximum absolute atomic E-state index is 12.5. The predicted molar refractivity (Wildman–Crippen MR) is 84.3 cm³/mol. The first-order chi connectivity index (χ1) is 10.7. The highest BCUT2D eigenvalue weighted by molar-refractivity contribution is 6.11. The summed E-state index contributed by atoms with van der Waals surface area (Å²) < 4.78 is 0. The van der Waals surface area contributed by atoms with Gasteiger partial charge in [-0.15, -0.1) is 0 Å². The Morgan fingerprint density at radius 1 is 1.14 bits per heavy atom. The molecule has 0 aromatic heterocycles. The molecule has 4 heteroatoms. The van der Waals surface area contributed by atoms with Crippen molar-refractivity contribution >= 4 is 5.78 Å². The first-order valence-electron chi connectivity index (χ1n) is 7.51. The molecule has 4 nitrogen and oxygen atoms in total. The van der Waals surface area contributed by atoms with Gasteiger partial charge in [-0.2, -0.15) is 0 Å². The largest absolute Gasteiger partial charge is 0.508 e. The number of carbonyl (C=O) groups excluding carboxylic acids is 1. The standard InChI is InChI=1S/C18H19NO3/c20-16-7-6-14(17(21)13-4-2-1-3-5-13)18(22)15(16)10-12-8-9-19-11-12/h1-7,12,19-20,22H,8-11H2. The van der Waals surface area contributed by atoms with Crippen LogP contribution in [0, 0.1) is 5.92 Å². The number of nitrogens with one attached hydrogen (secondary N) is 1. The second-order valence-electron chi connectivity index (χ2n) is 5.72. The van der Waals surface area contributed by atoms with Crippen molar-refractivity contribution in [2.75, 3.05) is 13.1 Å². The van der Waals surface area contributed by atoms with Crippen molar-refractivity contribution < 1.29 is 15.0 Å². The number of carbonyl (C=O) groups is 1. The molecule has 1 aliphatic rings. The Morgan fingerprint density at radius 2 is 1.91 bits per heavy atom. The molecule has 0 amide bonds. The highest BCUT2D eigenvalue weighted by atomic mass is 16.3. The lowest BCUT2D eigenvalue weighted by atomic mass is 9.93. The Labute approximate surface area is 129 Å². The minimum absolute atomic E-state index is 0.0500. The summed E-state index contributed by atoms with van der Waals surface area (Å²) in [5.41, 5.74) is 1.23. The second-order valence-corrected chi connectivity index (χ2v) is 5.72. The van der Waals surface area contributed by atoms with Crippen LogP contribution in [0.5, 0.6) is 11.5 Å². The highest BCUT2D eigenvalue weighted by Crippen LogP contribution is 2.34. The summed E-state index contributed by atoms with van der Waals surface area (Å²) in [4.78, 5) is 12.5. The highest BCUT2D eigenvalue weighted by Gasteiger charge is 2.23. The molecular formula is C18H19NO3. The number of hydrogen-bond acceptors (Lipinski definition) is 4. The molecule has 3 rings (SSSR count). The van der Waals surface area contributed by atoms with Crippen LogP contribution < -0.4 is 5.32 Å². The van der Waals surface area contributed by atoms with Crippen LogP contribution in [0.1, 0.15) is 27.9 Å². The van der Waals surface area contributed by atoms with E-state index in [1.807, 2.05) is 6.07 Å². The zero-order valence-electron chi connectivity index (χ0n) is 12.2. The molecule has 1 aliphatic heterocycles. The maximum atomic E-state index is 12.5. The summed E-state index contributed by atoms with van der Waals surface area (Å²) in [6.07, 6.45) is 1.58. The van der Waals surface area contributed by atoms with Crippen LogP contribution in [0.2, 0.25) is 0 Å². The molecule has 22 heavy (non-hydrogen) atoms. The third kappa shape index (κ3) is 2.83. The molecule has 0 bridgehead atoms. The Bertz CT molecular complexity index is 676. The van der Waals surface area contributed by atoms with Gasteiger partial charge >= 0.3 is 0 Å². The molecule has 1 saturated heterocycles. The number of aromatic hydroxyl groups is 2. The lowest BCUT2D eigenvalue weighted by molar-refractivity contribution is 0.103. The van der Waals surface area contributed by atoms with Crippen molar-refractivity contribution in [3.8, 4) is 11.5 Å². The average Bonchev–Trinajstić information content (AvgIpc) is 3.05. The Morgan fingerprint density at radius 3 is 2.59 bits per heavy atom. The first-order valence-corrected chi connectivity index (χ1v) is 7.51. The molecule has 114 valence electrons. The summed E-state index contributed by atoms with van der Waals surface area (Å²) >= 11 is 0. The molecule has 2 aromatic rings. The van der Waals surface area contributed by atoms with Gasteiger partial charge in [-0.05, 0) is 44.0 Å². The number of phenolic OH excluding ortho intramolecular Hbond substituents is 2. The molecular weight excluding hydrogens is 278 g/mol. The minimum atomic E-state index is -0.233. The Kier molecular flexibility index (Phi) is 4.11. The van der Waals surface area contributed by atoms with Crippen molar-refractivity contribution in [3.63, 3.8) is 0 Å². The lowest BCUT2D eigenvalue weighted by Gasteiger charge is -2.14. The van der Waals surface area contributed by atoms with E-state index in [2.05, 4.69) is 5.32 Å². The Hall–Kier alpha value is -2.33. The normalized spacial score (nSPS) is 17.5. The van der Waals surface area contributed by atoms with E-state index in [0.29, 0.717) is 23.5 Å². The van der Waals surface area contributed by atoms with Crippen molar-refractivity contribution in [1.82, 2.24) is 5.32 Å². The summed E-state index contributed by atoms with van der Waals surface area (Å²) in [6, 6.07) is 11.8. The number of benzene rings is 2. The third-order valence-corrected chi connectivity index (χ3v) is 4.19. The number of phenols is 2. The molecule has 1 fully saturated rings. The van der Waals surface area contributed by atoms with E-state index in [9.17, 15) is 15.0 Å². The van der Waals surface area contributed by atoms with Crippen molar-refractivity contribution in [2.45, 2.75) is 12.8 Å². The maximum Gasteiger partial charge on any atom is 0.196 e. The van der Waals surface area contributed by atoms with Crippen LogP contribution >= 0.6 is 0 Å². The fourth-order valence-corrected chi connectivity index (χ4v) is 2.93. The van der Waals surface area contributed by atoms with Crippen LogP contribution in [-0.4, -0.2) is 29.1 Å². The van der Waals surface area contributed by atoms with Gasteiger partial charge in [-0.3, -0.25) is 4.79 Å². The van der Waals surface area contributed by atoms with Crippen LogP contribution in [-0.2, 0) is 6.42 Å². The van der Waals surface area contributed by atoms with Gasteiger partial charge in [-0.25, -0.2) is 0 Å². The Balaban J connectivity index is 1.94. The van der Waals surface area contributed by atoms with E-state index in [1.54, 1.807) is 24.3 Å². The molecule has 0 radical (unpaired) electrons. The quantitative estimate of drug-likeness (QED) is 0.758. The van der Waals surface area contributed by atoms with Gasteiger partial charge in [0.25, 0.3) is 0 Å². The van der Waals surface area contributed by atoms with Gasteiger partial charge in [-0.1, -0.05) is 30.3 Å². The van der Waals surface area contributed by atoms with Crippen LogP contribution in [0.4, 0.5) is 0 Å². The van der Waals surface area contributed by atoms with Crippen molar-refractivity contribution in [2.24, 2.45) is 5.92 Å². The van der Waals surface area contributed by atoms with E-state index < -0.39 is 0 Å². The third-order valence-electron chi connectivity index (χ3n) is 4.19. The van der Waals surface area contributed by atoms with Gasteiger partial charge < -0.3 is 15.5 Å². The van der Waals surface area contributed by atoms with E-state index in [4.69, 9.17) is 0 Å². The molecule has 0 aliphatic carbocycles. The van der Waals surface area contributed by atoms with Gasteiger partial charge in [0.1, 0.15) is 11.5 Å². The molecule has 1 heterocycles. The lowest BCUT2D eigenvalue weighted by Crippen LogP contribution is -2.11. The van der Waals surface area contributed by atoms with E-state index >= 15 is 0 Å². The number of rotatable bonds is 4. The second kappa shape index (κ2) is 6.20. The van der Waals surface area contributed by atoms with Gasteiger partial charge in [0.2, 0.25) is 0 Å². The zero-order chi connectivity index (χ0) is 15.5. The zero-order valence-corrected chi connectivity index (χ0v) is 12.2. The number of ketones is 1. The monoisotopic (exact) mass is 297 g/mol. The smallest absolute Gasteiger partial charge is 0.196 e. The summed E-state index contributed by atoms with van der Waals surface area (Å²) in [6.45, 7) is 1.82. The van der Waals surface area contributed by atoms with Crippen LogP contribution in [0.15, 0.2) is 42.5 Å². The number of hydrogen-bond donors (Lipinski definition) is 3. The van der Waals surface area contributed by atoms with Gasteiger partial charge in [0, 0.05) is 11.1 Å². The van der Waals surface area contributed by atoms with Gasteiger partial charge in [0.15, 0.2) is 5.78 Å².